The molecule has 3 aromatic carbocycles. The van der Waals surface area contributed by atoms with E-state index in [2.05, 4.69) is 15.3 Å². The smallest absolute Gasteiger partial charge is 0.255 e. The maximum absolute atomic E-state index is 12.9. The van der Waals surface area contributed by atoms with E-state index < -0.39 is 0 Å². The molecule has 35 heavy (non-hydrogen) atoms. The maximum Gasteiger partial charge on any atom is 0.255 e. The lowest BCUT2D eigenvalue weighted by Gasteiger charge is -2.31. The number of ketones is 1. The van der Waals surface area contributed by atoms with Gasteiger partial charge in [-0.1, -0.05) is 0 Å². The van der Waals surface area contributed by atoms with Crippen molar-refractivity contribution in [1.82, 2.24) is 9.78 Å². The van der Waals surface area contributed by atoms with Gasteiger partial charge in [0.2, 0.25) is 0 Å². The van der Waals surface area contributed by atoms with E-state index in [1.807, 2.05) is 36.5 Å². The Balaban J connectivity index is 1.20. The summed E-state index contributed by atoms with van der Waals surface area (Å²) < 4.78 is 1.73. The van der Waals surface area contributed by atoms with Crippen LogP contribution in [0.4, 0.5) is 11.4 Å². The number of nitrogens with zero attached hydrogens (tertiary/aromatic N) is 3. The molecule has 5 rings (SSSR count). The molecule has 4 aromatic rings. The van der Waals surface area contributed by atoms with E-state index in [-0.39, 0.29) is 17.8 Å². The monoisotopic (exact) mass is 466 g/mol. The van der Waals surface area contributed by atoms with Crippen molar-refractivity contribution in [2.75, 3.05) is 23.3 Å². The van der Waals surface area contributed by atoms with E-state index >= 15 is 0 Å². The predicted molar refractivity (Wildman–Crippen MR) is 135 cm³/mol. The first-order chi connectivity index (χ1) is 17.1. The van der Waals surface area contributed by atoms with E-state index in [1.54, 1.807) is 59.4 Å². The number of aliphatic hydroxyl groups excluding tert-OH is 1. The number of hydrogen-bond acceptors (Lipinski definition) is 5. The number of nitrogens with one attached hydrogen (secondary N) is 1. The van der Waals surface area contributed by atoms with Crippen molar-refractivity contribution in [3.63, 3.8) is 0 Å². The minimum atomic E-state index is -0.216. The lowest BCUT2D eigenvalue weighted by atomic mass is 10.0. The van der Waals surface area contributed by atoms with Crippen LogP contribution in [0.2, 0.25) is 0 Å². The highest BCUT2D eigenvalue weighted by molar-refractivity contribution is 6.09. The van der Waals surface area contributed by atoms with Gasteiger partial charge in [-0.25, -0.2) is 4.68 Å². The highest BCUT2D eigenvalue weighted by Gasteiger charge is 2.17. The summed E-state index contributed by atoms with van der Waals surface area (Å²) in [5.41, 5.74) is 4.24. The topological polar surface area (TPSA) is 87.5 Å². The first-order valence-electron chi connectivity index (χ1n) is 11.7. The van der Waals surface area contributed by atoms with Crippen LogP contribution < -0.4 is 10.2 Å². The molecule has 0 aliphatic carbocycles. The zero-order valence-corrected chi connectivity index (χ0v) is 19.2. The molecule has 1 fully saturated rings. The maximum atomic E-state index is 12.9. The number of benzene rings is 3. The summed E-state index contributed by atoms with van der Waals surface area (Å²) in [7, 11) is 0. The van der Waals surface area contributed by atoms with Crippen molar-refractivity contribution in [2.24, 2.45) is 0 Å². The third-order valence-electron chi connectivity index (χ3n) is 6.26. The first-order valence-corrected chi connectivity index (χ1v) is 11.7. The van der Waals surface area contributed by atoms with E-state index in [0.29, 0.717) is 22.4 Å². The molecule has 1 saturated heterocycles. The minimum absolute atomic E-state index is 0.0873. The fraction of sp³-hybridized carbons (Fsp3) is 0.179. The summed E-state index contributed by atoms with van der Waals surface area (Å²) in [6.45, 7) is 1.62. The highest BCUT2D eigenvalue weighted by Crippen LogP contribution is 2.21. The first kappa shape index (κ1) is 22.6. The van der Waals surface area contributed by atoms with Crippen molar-refractivity contribution >= 4 is 23.1 Å². The van der Waals surface area contributed by atoms with Crippen LogP contribution in [0.3, 0.4) is 0 Å². The lowest BCUT2D eigenvalue weighted by molar-refractivity contribution is 0.102. The lowest BCUT2D eigenvalue weighted by Crippen LogP contribution is -2.35. The Labute approximate surface area is 203 Å². The van der Waals surface area contributed by atoms with Crippen LogP contribution in [0.5, 0.6) is 0 Å². The molecule has 0 unspecified atom stereocenters. The van der Waals surface area contributed by atoms with Crippen LogP contribution in [0.1, 0.15) is 39.1 Å². The van der Waals surface area contributed by atoms with Gasteiger partial charge in [0, 0.05) is 53.5 Å². The minimum Gasteiger partial charge on any atom is -0.393 e. The van der Waals surface area contributed by atoms with Gasteiger partial charge in [0.15, 0.2) is 5.78 Å². The molecule has 1 amide bonds. The zero-order chi connectivity index (χ0) is 24.2. The number of aromatic nitrogens is 2. The van der Waals surface area contributed by atoms with Gasteiger partial charge in [-0.2, -0.15) is 5.10 Å². The normalized spacial score (nSPS) is 14.0. The van der Waals surface area contributed by atoms with Gasteiger partial charge in [0.25, 0.3) is 5.91 Å². The predicted octanol–water partition coefficient (Wildman–Crippen LogP) is 4.32. The molecule has 0 bridgehead atoms. The standard InChI is InChI=1S/C28H26N4O3/c33-26-14-18-31(19-15-26)24-10-6-22(7-11-24)28(35)30-23-8-2-20(3-9-23)27(34)21-4-12-25(13-5-21)32-17-1-16-29-32/h1-13,16-17,26,33H,14-15,18-19H2,(H,30,35). The molecular weight excluding hydrogens is 440 g/mol. The fourth-order valence-electron chi connectivity index (χ4n) is 4.21. The second-order valence-corrected chi connectivity index (χ2v) is 8.62. The molecule has 1 aromatic heterocycles. The van der Waals surface area contributed by atoms with Gasteiger partial charge in [-0.3, -0.25) is 9.59 Å². The highest BCUT2D eigenvalue weighted by atomic mass is 16.3. The molecule has 1 aliphatic heterocycles. The average Bonchev–Trinajstić information content (AvgIpc) is 3.45. The molecule has 0 spiro atoms. The number of amides is 1. The summed E-state index contributed by atoms with van der Waals surface area (Å²) in [5.74, 6) is -0.297. The fourth-order valence-corrected chi connectivity index (χ4v) is 4.21. The largest absolute Gasteiger partial charge is 0.393 e. The van der Waals surface area contributed by atoms with E-state index in [0.717, 1.165) is 37.3 Å². The molecule has 176 valence electrons. The van der Waals surface area contributed by atoms with Gasteiger partial charge in [-0.05, 0) is 91.7 Å². The third kappa shape index (κ3) is 5.15. The molecule has 7 nitrogen and oxygen atoms in total. The number of hydrogen-bond donors (Lipinski definition) is 2. The van der Waals surface area contributed by atoms with Crippen molar-refractivity contribution < 1.29 is 14.7 Å². The number of carbonyl (C=O) groups excluding carboxylic acids is 2. The van der Waals surface area contributed by atoms with Gasteiger partial charge in [0.1, 0.15) is 0 Å². The third-order valence-corrected chi connectivity index (χ3v) is 6.26. The molecule has 7 heteroatoms. The van der Waals surface area contributed by atoms with Crippen molar-refractivity contribution in [3.05, 3.63) is 108 Å². The van der Waals surface area contributed by atoms with Crippen molar-refractivity contribution in [2.45, 2.75) is 18.9 Å². The molecular formula is C28H26N4O3. The molecule has 2 heterocycles. The summed E-state index contributed by atoms with van der Waals surface area (Å²) in [6, 6.07) is 23.5. The van der Waals surface area contributed by atoms with Crippen LogP contribution in [0.25, 0.3) is 5.69 Å². The number of rotatable bonds is 6. The van der Waals surface area contributed by atoms with Crippen LogP contribution in [-0.2, 0) is 0 Å². The van der Waals surface area contributed by atoms with Crippen LogP contribution >= 0.6 is 0 Å². The van der Waals surface area contributed by atoms with Crippen LogP contribution in [0, 0.1) is 0 Å². The quantitative estimate of drug-likeness (QED) is 0.414. The van der Waals surface area contributed by atoms with Gasteiger partial charge in [-0.15, -0.1) is 0 Å². The SMILES string of the molecule is O=C(Nc1ccc(C(=O)c2ccc(-n3cccn3)cc2)cc1)c1ccc(N2CCC(O)CC2)cc1. The molecule has 1 aliphatic rings. The zero-order valence-electron chi connectivity index (χ0n) is 19.2. The second-order valence-electron chi connectivity index (χ2n) is 8.62. The number of carbonyl (C=O) groups is 2. The van der Waals surface area contributed by atoms with Gasteiger partial charge in [0.05, 0.1) is 11.8 Å². The number of anilines is 2. The molecule has 0 saturated carbocycles. The number of piperidine rings is 1. The van der Waals surface area contributed by atoms with Crippen molar-refractivity contribution in [3.8, 4) is 5.69 Å². The molecule has 2 N–H and O–H groups in total. The summed E-state index contributed by atoms with van der Waals surface area (Å²) in [6.07, 6.45) is 4.86. The average molecular weight is 467 g/mol. The second kappa shape index (κ2) is 9.95. The summed E-state index contributed by atoms with van der Waals surface area (Å²) >= 11 is 0. The Bertz CT molecular complexity index is 1290. The van der Waals surface area contributed by atoms with Crippen molar-refractivity contribution in [1.29, 1.82) is 0 Å². The summed E-state index contributed by atoms with van der Waals surface area (Å²) in [4.78, 5) is 27.8. The van der Waals surface area contributed by atoms with E-state index in [4.69, 9.17) is 0 Å². The Kier molecular flexibility index (Phi) is 6.41. The van der Waals surface area contributed by atoms with E-state index in [9.17, 15) is 14.7 Å². The van der Waals surface area contributed by atoms with Crippen LogP contribution in [0.15, 0.2) is 91.3 Å². The Morgan fingerprint density at radius 1 is 0.800 bits per heavy atom. The van der Waals surface area contributed by atoms with Gasteiger partial charge >= 0.3 is 0 Å². The van der Waals surface area contributed by atoms with Crippen LogP contribution in [-0.4, -0.2) is 45.8 Å². The Hall–Kier alpha value is -4.23. The van der Waals surface area contributed by atoms with E-state index in [1.165, 1.54) is 0 Å². The molecule has 0 radical (unpaired) electrons. The van der Waals surface area contributed by atoms with Gasteiger partial charge < -0.3 is 15.3 Å². The number of aliphatic hydroxyl groups is 1. The molecule has 0 atom stereocenters. The Morgan fingerprint density at radius 2 is 1.37 bits per heavy atom. The summed E-state index contributed by atoms with van der Waals surface area (Å²) in [5, 5.41) is 16.8. The Morgan fingerprint density at radius 3 is 1.97 bits per heavy atom.